The van der Waals surface area contributed by atoms with Crippen molar-refractivity contribution < 1.29 is 18.8 Å². The summed E-state index contributed by atoms with van der Waals surface area (Å²) in [6.07, 6.45) is 5.04. The van der Waals surface area contributed by atoms with E-state index in [4.69, 9.17) is 4.42 Å². The fraction of sp³-hybridized carbons (Fsp3) is 0.208. The van der Waals surface area contributed by atoms with Crippen molar-refractivity contribution in [2.75, 3.05) is 0 Å². The van der Waals surface area contributed by atoms with Crippen molar-refractivity contribution in [2.24, 2.45) is 5.10 Å². The molecule has 2 aromatic heterocycles. The Labute approximate surface area is 190 Å². The molecule has 0 saturated carbocycles. The lowest BCUT2D eigenvalue weighted by Crippen LogP contribution is -2.41. The third kappa shape index (κ3) is 4.67. The van der Waals surface area contributed by atoms with Gasteiger partial charge in [-0.3, -0.25) is 30.2 Å². The van der Waals surface area contributed by atoms with Crippen molar-refractivity contribution >= 4 is 23.4 Å². The number of nitrogens with zero attached hydrogens (tertiary/aromatic N) is 2. The van der Waals surface area contributed by atoms with Crippen LogP contribution in [0.25, 0.3) is 0 Å². The number of carbonyl (C=O) groups excluding carboxylic acids is 3. The predicted octanol–water partition coefficient (Wildman–Crippen LogP) is 2.84. The normalized spacial score (nSPS) is 13.8. The lowest BCUT2D eigenvalue weighted by atomic mass is 9.93. The standard InChI is InChI=1S/C24H23N5O4/c1-14-6-3-4-7-17(14)23(31)28-26-18-8-5-9-19-20(18)15(2)21(33-19)24(32)29-27-22(30)16-10-12-25-13-11-16/h3-4,6-7,10-13H,5,8-9H2,1-2H3,(H,27,30)(H,28,31)(H,29,32)/b26-18+. The molecular formula is C24H23N5O4. The average Bonchev–Trinajstić information content (AvgIpc) is 3.18. The van der Waals surface area contributed by atoms with Crippen molar-refractivity contribution in [2.45, 2.75) is 33.1 Å². The number of nitrogens with one attached hydrogen (secondary N) is 3. The SMILES string of the molecule is Cc1ccccc1C(=O)N/N=C1\CCCc2oc(C(=O)NNC(=O)c3ccncc3)c(C)c21. The van der Waals surface area contributed by atoms with E-state index in [9.17, 15) is 14.4 Å². The summed E-state index contributed by atoms with van der Waals surface area (Å²) >= 11 is 0. The number of benzene rings is 1. The van der Waals surface area contributed by atoms with Crippen molar-refractivity contribution in [1.82, 2.24) is 21.3 Å². The first kappa shape index (κ1) is 21.9. The molecule has 0 spiro atoms. The molecule has 1 aliphatic rings. The smallest absolute Gasteiger partial charge is 0.305 e. The fourth-order valence-corrected chi connectivity index (χ4v) is 3.75. The van der Waals surface area contributed by atoms with Crippen molar-refractivity contribution in [3.63, 3.8) is 0 Å². The number of hydrogen-bond acceptors (Lipinski definition) is 6. The molecular weight excluding hydrogens is 422 g/mol. The number of hydrogen-bond donors (Lipinski definition) is 3. The molecule has 9 nitrogen and oxygen atoms in total. The van der Waals surface area contributed by atoms with Crippen molar-refractivity contribution in [3.8, 4) is 0 Å². The summed E-state index contributed by atoms with van der Waals surface area (Å²) in [6.45, 7) is 3.62. The maximum Gasteiger partial charge on any atom is 0.305 e. The van der Waals surface area contributed by atoms with Crippen LogP contribution in [0.5, 0.6) is 0 Å². The van der Waals surface area contributed by atoms with Gasteiger partial charge >= 0.3 is 5.91 Å². The molecule has 0 radical (unpaired) electrons. The highest BCUT2D eigenvalue weighted by atomic mass is 16.4. The average molecular weight is 445 g/mol. The number of furan rings is 1. The molecule has 0 fully saturated rings. The first-order valence-electron chi connectivity index (χ1n) is 10.5. The Bertz CT molecular complexity index is 1250. The van der Waals surface area contributed by atoms with Gasteiger partial charge in [0.2, 0.25) is 0 Å². The minimum atomic E-state index is -0.576. The maximum atomic E-state index is 12.7. The third-order valence-electron chi connectivity index (χ3n) is 5.45. The molecule has 1 aliphatic carbocycles. The topological polar surface area (TPSA) is 126 Å². The number of aryl methyl sites for hydroxylation is 2. The molecule has 0 aliphatic heterocycles. The Morgan fingerprint density at radius 3 is 2.42 bits per heavy atom. The number of carbonyl (C=O) groups is 3. The van der Waals surface area contributed by atoms with Crippen LogP contribution in [0, 0.1) is 13.8 Å². The van der Waals surface area contributed by atoms with E-state index >= 15 is 0 Å². The molecule has 9 heteroatoms. The van der Waals surface area contributed by atoms with E-state index in [0.29, 0.717) is 41.0 Å². The molecule has 0 saturated heterocycles. The van der Waals surface area contributed by atoms with Gasteiger partial charge in [0.25, 0.3) is 11.8 Å². The second-order valence-corrected chi connectivity index (χ2v) is 7.67. The first-order chi connectivity index (χ1) is 16.0. The second-order valence-electron chi connectivity index (χ2n) is 7.67. The van der Waals surface area contributed by atoms with Gasteiger partial charge in [0, 0.05) is 41.1 Å². The van der Waals surface area contributed by atoms with Gasteiger partial charge in [-0.2, -0.15) is 5.10 Å². The molecule has 3 N–H and O–H groups in total. The van der Waals surface area contributed by atoms with Crippen LogP contribution in [0.1, 0.15) is 66.6 Å². The molecule has 0 unspecified atom stereocenters. The van der Waals surface area contributed by atoms with Crippen LogP contribution in [0.15, 0.2) is 58.3 Å². The van der Waals surface area contributed by atoms with Crippen molar-refractivity contribution in [3.05, 3.63) is 88.1 Å². The third-order valence-corrected chi connectivity index (χ3v) is 5.45. The summed E-state index contributed by atoms with van der Waals surface area (Å²) in [7, 11) is 0. The number of aromatic nitrogens is 1. The number of fused-ring (bicyclic) bond motifs is 1. The summed E-state index contributed by atoms with van der Waals surface area (Å²) in [5.74, 6) is -0.623. The van der Waals surface area contributed by atoms with Crippen molar-refractivity contribution in [1.29, 1.82) is 0 Å². The quantitative estimate of drug-likeness (QED) is 0.533. The van der Waals surface area contributed by atoms with Crippen LogP contribution in [0.4, 0.5) is 0 Å². The molecule has 0 bridgehead atoms. The van der Waals surface area contributed by atoms with Gasteiger partial charge in [-0.25, -0.2) is 5.43 Å². The summed E-state index contributed by atoms with van der Waals surface area (Å²) in [5.41, 5.74) is 11.1. The highest BCUT2D eigenvalue weighted by Crippen LogP contribution is 2.29. The summed E-state index contributed by atoms with van der Waals surface area (Å²) < 4.78 is 5.81. The van der Waals surface area contributed by atoms with E-state index in [1.54, 1.807) is 19.1 Å². The highest BCUT2D eigenvalue weighted by Gasteiger charge is 2.28. The number of hydrazone groups is 1. The van der Waals surface area contributed by atoms with Gasteiger partial charge in [0.15, 0.2) is 5.76 Å². The molecule has 168 valence electrons. The van der Waals surface area contributed by atoms with E-state index in [2.05, 4.69) is 26.4 Å². The van der Waals surface area contributed by atoms with Crippen LogP contribution < -0.4 is 16.3 Å². The molecule has 3 amide bonds. The molecule has 4 rings (SSSR count). The van der Waals surface area contributed by atoms with E-state index in [1.807, 2.05) is 19.1 Å². The largest absolute Gasteiger partial charge is 0.455 e. The van der Waals surface area contributed by atoms with E-state index in [-0.39, 0.29) is 11.7 Å². The molecule has 1 aromatic carbocycles. The Morgan fingerprint density at radius 2 is 1.67 bits per heavy atom. The molecule has 0 atom stereocenters. The summed E-state index contributed by atoms with van der Waals surface area (Å²) in [6, 6.07) is 10.3. The van der Waals surface area contributed by atoms with Crippen LogP contribution >= 0.6 is 0 Å². The predicted molar refractivity (Wildman–Crippen MR) is 121 cm³/mol. The lowest BCUT2D eigenvalue weighted by Gasteiger charge is -2.13. The number of rotatable bonds is 4. The van der Waals surface area contributed by atoms with Crippen LogP contribution in [-0.4, -0.2) is 28.4 Å². The highest BCUT2D eigenvalue weighted by molar-refractivity contribution is 6.07. The Kier molecular flexibility index (Phi) is 6.30. The van der Waals surface area contributed by atoms with E-state index < -0.39 is 11.8 Å². The fourth-order valence-electron chi connectivity index (χ4n) is 3.75. The Balaban J connectivity index is 1.49. The molecule has 3 aromatic rings. The zero-order valence-electron chi connectivity index (χ0n) is 18.3. The number of pyridine rings is 1. The Morgan fingerprint density at radius 1 is 0.939 bits per heavy atom. The zero-order valence-corrected chi connectivity index (χ0v) is 18.3. The van der Waals surface area contributed by atoms with Gasteiger partial charge in [-0.05, 0) is 50.5 Å². The molecule has 2 heterocycles. The monoisotopic (exact) mass is 445 g/mol. The van der Waals surface area contributed by atoms with Gasteiger partial charge in [-0.15, -0.1) is 0 Å². The summed E-state index contributed by atoms with van der Waals surface area (Å²) in [4.78, 5) is 41.2. The minimum absolute atomic E-state index is 0.0925. The summed E-state index contributed by atoms with van der Waals surface area (Å²) in [5, 5.41) is 4.34. The van der Waals surface area contributed by atoms with E-state index in [0.717, 1.165) is 17.5 Å². The first-order valence-corrected chi connectivity index (χ1v) is 10.5. The van der Waals surface area contributed by atoms with Crippen LogP contribution in [0.2, 0.25) is 0 Å². The van der Waals surface area contributed by atoms with Gasteiger partial charge in [-0.1, -0.05) is 18.2 Å². The number of hydrazine groups is 1. The van der Waals surface area contributed by atoms with Crippen LogP contribution in [0.3, 0.4) is 0 Å². The minimum Gasteiger partial charge on any atom is -0.455 e. The van der Waals surface area contributed by atoms with Crippen LogP contribution in [-0.2, 0) is 6.42 Å². The van der Waals surface area contributed by atoms with Gasteiger partial charge < -0.3 is 4.42 Å². The maximum absolute atomic E-state index is 12.7. The zero-order chi connectivity index (χ0) is 23.4. The van der Waals surface area contributed by atoms with Gasteiger partial charge in [0.05, 0.1) is 5.71 Å². The lowest BCUT2D eigenvalue weighted by molar-refractivity contribution is 0.0829. The number of amides is 3. The van der Waals surface area contributed by atoms with Gasteiger partial charge in [0.1, 0.15) is 5.76 Å². The van der Waals surface area contributed by atoms with E-state index in [1.165, 1.54) is 24.5 Å². The Hall–Kier alpha value is -4.27. The molecule has 33 heavy (non-hydrogen) atoms. The second kappa shape index (κ2) is 9.47.